The second kappa shape index (κ2) is 8.60. The first-order valence-electron chi connectivity index (χ1n) is 8.30. The Hall–Kier alpha value is -1.43. The Labute approximate surface area is 151 Å². The third kappa shape index (κ3) is 4.79. The predicted molar refractivity (Wildman–Crippen MR) is 97.5 cm³/mol. The summed E-state index contributed by atoms with van der Waals surface area (Å²) < 4.78 is 5.59. The van der Waals surface area contributed by atoms with Crippen LogP contribution in [-0.4, -0.2) is 30.1 Å². The minimum Gasteiger partial charge on any atom is -0.378 e. The summed E-state index contributed by atoms with van der Waals surface area (Å²) in [4.78, 5) is 16.6. The van der Waals surface area contributed by atoms with E-state index in [1.165, 1.54) is 0 Å². The number of rotatable bonds is 6. The maximum Gasteiger partial charge on any atom is 0.222 e. The number of ether oxygens (including phenoxy) is 1. The molecule has 128 valence electrons. The average Bonchev–Trinajstić information content (AvgIpc) is 3.05. The van der Waals surface area contributed by atoms with Crippen LogP contribution in [0.4, 0.5) is 0 Å². The highest BCUT2D eigenvalue weighted by molar-refractivity contribution is 7.13. The van der Waals surface area contributed by atoms with Crippen LogP contribution in [0.3, 0.4) is 0 Å². The first-order valence-corrected chi connectivity index (χ1v) is 9.56. The SMILES string of the molecule is O=C(CC1CCCCO1)NCCc1csc(-c2ccccc2Cl)n1. The number of benzene rings is 1. The number of nitrogens with zero attached hydrogens (tertiary/aromatic N) is 1. The molecule has 0 bridgehead atoms. The summed E-state index contributed by atoms with van der Waals surface area (Å²) in [6.45, 7) is 1.37. The van der Waals surface area contributed by atoms with Gasteiger partial charge in [0.2, 0.25) is 5.91 Å². The van der Waals surface area contributed by atoms with E-state index in [0.29, 0.717) is 18.0 Å². The van der Waals surface area contributed by atoms with Crippen molar-refractivity contribution in [1.82, 2.24) is 10.3 Å². The third-order valence-corrected chi connectivity index (χ3v) is 5.30. The Bertz CT molecular complexity index is 683. The number of nitrogens with one attached hydrogen (secondary N) is 1. The lowest BCUT2D eigenvalue weighted by molar-refractivity contribution is -0.124. The molecule has 1 unspecified atom stereocenters. The van der Waals surface area contributed by atoms with Crippen molar-refractivity contribution in [3.8, 4) is 10.6 Å². The molecule has 2 heterocycles. The zero-order chi connectivity index (χ0) is 16.8. The number of carbonyl (C=O) groups excluding carboxylic acids is 1. The van der Waals surface area contributed by atoms with Crippen molar-refractivity contribution in [3.05, 3.63) is 40.4 Å². The normalized spacial score (nSPS) is 17.6. The van der Waals surface area contributed by atoms with Gasteiger partial charge in [0.1, 0.15) is 5.01 Å². The van der Waals surface area contributed by atoms with Gasteiger partial charge < -0.3 is 10.1 Å². The molecule has 1 atom stereocenters. The Balaban J connectivity index is 1.45. The fourth-order valence-corrected chi connectivity index (χ4v) is 3.93. The third-order valence-electron chi connectivity index (χ3n) is 4.05. The van der Waals surface area contributed by atoms with E-state index in [0.717, 1.165) is 48.6 Å². The van der Waals surface area contributed by atoms with Gasteiger partial charge in [-0.15, -0.1) is 11.3 Å². The summed E-state index contributed by atoms with van der Waals surface area (Å²) >= 11 is 7.78. The highest BCUT2D eigenvalue weighted by Crippen LogP contribution is 2.30. The van der Waals surface area contributed by atoms with Crippen molar-refractivity contribution in [3.63, 3.8) is 0 Å². The van der Waals surface area contributed by atoms with E-state index in [1.54, 1.807) is 11.3 Å². The molecule has 1 aromatic carbocycles. The van der Waals surface area contributed by atoms with Gasteiger partial charge in [-0.05, 0) is 25.3 Å². The number of hydrogen-bond donors (Lipinski definition) is 1. The molecule has 1 saturated heterocycles. The number of amides is 1. The Morgan fingerprint density at radius 2 is 2.25 bits per heavy atom. The van der Waals surface area contributed by atoms with Crippen LogP contribution in [0.15, 0.2) is 29.6 Å². The molecule has 0 saturated carbocycles. The number of aromatic nitrogens is 1. The van der Waals surface area contributed by atoms with Crippen molar-refractivity contribution < 1.29 is 9.53 Å². The Morgan fingerprint density at radius 3 is 3.04 bits per heavy atom. The van der Waals surface area contributed by atoms with E-state index in [-0.39, 0.29) is 12.0 Å². The van der Waals surface area contributed by atoms with Gasteiger partial charge in [0.05, 0.1) is 23.2 Å². The van der Waals surface area contributed by atoms with Crippen LogP contribution < -0.4 is 5.32 Å². The molecule has 1 aromatic heterocycles. The van der Waals surface area contributed by atoms with Gasteiger partial charge >= 0.3 is 0 Å². The molecule has 2 aromatic rings. The lowest BCUT2D eigenvalue weighted by Crippen LogP contribution is -2.31. The van der Waals surface area contributed by atoms with Gasteiger partial charge in [0.15, 0.2) is 0 Å². The molecule has 6 heteroatoms. The fourth-order valence-electron chi connectivity index (χ4n) is 2.76. The molecule has 1 aliphatic rings. The van der Waals surface area contributed by atoms with Crippen LogP contribution in [0, 0.1) is 0 Å². The van der Waals surface area contributed by atoms with Gasteiger partial charge in [-0.2, -0.15) is 0 Å². The summed E-state index contributed by atoms with van der Waals surface area (Å²) in [5, 5.41) is 6.60. The van der Waals surface area contributed by atoms with Crippen molar-refractivity contribution in [1.29, 1.82) is 0 Å². The molecular weight excluding hydrogens is 344 g/mol. The maximum atomic E-state index is 11.9. The van der Waals surface area contributed by atoms with Crippen LogP contribution in [0.25, 0.3) is 10.6 Å². The van der Waals surface area contributed by atoms with E-state index in [9.17, 15) is 4.79 Å². The van der Waals surface area contributed by atoms with Crippen molar-refractivity contribution in [2.24, 2.45) is 0 Å². The minimum atomic E-state index is 0.0588. The number of thiazole rings is 1. The van der Waals surface area contributed by atoms with E-state index < -0.39 is 0 Å². The number of halogens is 1. The molecule has 1 aliphatic heterocycles. The van der Waals surface area contributed by atoms with E-state index >= 15 is 0 Å². The summed E-state index contributed by atoms with van der Waals surface area (Å²) in [7, 11) is 0. The summed E-state index contributed by atoms with van der Waals surface area (Å²) in [6.07, 6.45) is 4.52. The first kappa shape index (κ1) is 17.4. The number of hydrogen-bond acceptors (Lipinski definition) is 4. The largest absolute Gasteiger partial charge is 0.378 e. The van der Waals surface area contributed by atoms with Crippen molar-refractivity contribution in [2.45, 2.75) is 38.2 Å². The van der Waals surface area contributed by atoms with Gasteiger partial charge in [-0.3, -0.25) is 4.79 Å². The molecule has 1 fully saturated rings. The summed E-state index contributed by atoms with van der Waals surface area (Å²) in [6, 6.07) is 7.70. The second-order valence-corrected chi connectivity index (χ2v) is 7.18. The molecular formula is C18H21ClN2O2S. The lowest BCUT2D eigenvalue weighted by atomic mass is 10.1. The summed E-state index contributed by atoms with van der Waals surface area (Å²) in [5.41, 5.74) is 1.93. The van der Waals surface area contributed by atoms with Crippen molar-refractivity contribution >= 4 is 28.8 Å². The lowest BCUT2D eigenvalue weighted by Gasteiger charge is -2.21. The molecule has 24 heavy (non-hydrogen) atoms. The molecule has 3 rings (SSSR count). The molecule has 1 amide bonds. The molecule has 1 N–H and O–H groups in total. The van der Waals surface area contributed by atoms with E-state index in [2.05, 4.69) is 10.3 Å². The standard InChI is InChI=1S/C18H21ClN2O2S/c19-16-7-2-1-6-15(16)18-21-13(12-24-18)8-9-20-17(22)11-14-5-3-4-10-23-14/h1-2,6-7,12,14H,3-5,8-11H2,(H,20,22). The topological polar surface area (TPSA) is 51.2 Å². The van der Waals surface area contributed by atoms with Crippen LogP contribution >= 0.6 is 22.9 Å². The Morgan fingerprint density at radius 1 is 1.38 bits per heavy atom. The highest BCUT2D eigenvalue weighted by Gasteiger charge is 2.17. The molecule has 0 spiro atoms. The maximum absolute atomic E-state index is 11.9. The fraction of sp³-hybridized carbons (Fsp3) is 0.444. The van der Waals surface area contributed by atoms with Crippen LogP contribution in [0.2, 0.25) is 5.02 Å². The predicted octanol–water partition coefficient (Wildman–Crippen LogP) is 4.08. The quantitative estimate of drug-likeness (QED) is 0.840. The first-order chi connectivity index (χ1) is 11.7. The van der Waals surface area contributed by atoms with Gasteiger partial charge in [0.25, 0.3) is 0 Å². The average molecular weight is 365 g/mol. The van der Waals surface area contributed by atoms with Gasteiger partial charge in [-0.1, -0.05) is 29.8 Å². The monoisotopic (exact) mass is 364 g/mol. The van der Waals surface area contributed by atoms with Crippen LogP contribution in [0.5, 0.6) is 0 Å². The van der Waals surface area contributed by atoms with Crippen LogP contribution in [-0.2, 0) is 16.0 Å². The molecule has 0 radical (unpaired) electrons. The van der Waals surface area contributed by atoms with E-state index in [4.69, 9.17) is 16.3 Å². The van der Waals surface area contributed by atoms with E-state index in [1.807, 2.05) is 29.6 Å². The number of carbonyl (C=O) groups is 1. The zero-order valence-electron chi connectivity index (χ0n) is 13.5. The molecule has 4 nitrogen and oxygen atoms in total. The van der Waals surface area contributed by atoms with Crippen molar-refractivity contribution in [2.75, 3.05) is 13.2 Å². The summed E-state index contributed by atoms with van der Waals surface area (Å²) in [5.74, 6) is 0.0588. The Kier molecular flexibility index (Phi) is 6.24. The zero-order valence-corrected chi connectivity index (χ0v) is 15.0. The van der Waals surface area contributed by atoms with Gasteiger partial charge in [0, 0.05) is 30.5 Å². The smallest absolute Gasteiger partial charge is 0.222 e. The van der Waals surface area contributed by atoms with Crippen LogP contribution in [0.1, 0.15) is 31.4 Å². The minimum absolute atomic E-state index is 0.0588. The highest BCUT2D eigenvalue weighted by atomic mass is 35.5. The molecule has 0 aliphatic carbocycles. The van der Waals surface area contributed by atoms with Gasteiger partial charge in [-0.25, -0.2) is 4.98 Å². The second-order valence-electron chi connectivity index (χ2n) is 5.92.